The molecule has 9 heteroatoms. The number of nitrogens with one attached hydrogen (secondary N) is 1. The molecule has 3 heterocycles. The van der Waals surface area contributed by atoms with E-state index < -0.39 is 11.9 Å². The van der Waals surface area contributed by atoms with Gasteiger partial charge in [-0.05, 0) is 6.42 Å². The van der Waals surface area contributed by atoms with Gasteiger partial charge in [-0.1, -0.05) is 0 Å². The maximum atomic E-state index is 9.10. The molecule has 0 amide bonds. The van der Waals surface area contributed by atoms with Crippen LogP contribution < -0.4 is 5.32 Å². The molecule has 0 saturated carbocycles. The Morgan fingerprint density at radius 1 is 1.22 bits per heavy atom. The van der Waals surface area contributed by atoms with Crippen LogP contribution in [-0.2, 0) is 22.6 Å². The summed E-state index contributed by atoms with van der Waals surface area (Å²) in [6.45, 7) is 2.07. The van der Waals surface area contributed by atoms with Crippen LogP contribution in [-0.4, -0.2) is 37.4 Å². The minimum atomic E-state index is -1.82. The van der Waals surface area contributed by atoms with E-state index in [1.165, 1.54) is 22.2 Å². The lowest BCUT2D eigenvalue weighted by atomic mass is 10.1. The first-order chi connectivity index (χ1) is 8.59. The van der Waals surface area contributed by atoms with E-state index in [2.05, 4.69) is 14.1 Å². The van der Waals surface area contributed by atoms with E-state index in [1.54, 1.807) is 11.3 Å². The van der Waals surface area contributed by atoms with Gasteiger partial charge in [-0.2, -0.15) is 8.75 Å². The highest BCUT2D eigenvalue weighted by Gasteiger charge is 2.17. The number of hydrogen-bond donors (Lipinski definition) is 3. The van der Waals surface area contributed by atoms with Gasteiger partial charge >= 0.3 is 11.9 Å². The van der Waals surface area contributed by atoms with Gasteiger partial charge in [0.2, 0.25) is 0 Å². The zero-order chi connectivity index (χ0) is 13.1. The molecule has 0 saturated heterocycles. The number of carbonyl (C=O) groups is 2. The van der Waals surface area contributed by atoms with E-state index in [0.29, 0.717) is 0 Å². The highest BCUT2D eigenvalue weighted by Crippen LogP contribution is 2.31. The molecule has 0 atom stereocenters. The summed E-state index contributed by atoms with van der Waals surface area (Å²) < 4.78 is 8.54. The van der Waals surface area contributed by atoms with Crippen molar-refractivity contribution in [3.05, 3.63) is 10.4 Å². The van der Waals surface area contributed by atoms with Crippen molar-refractivity contribution >= 4 is 45.4 Å². The SMILES string of the molecule is C1Cc2sc3nsnc3c2CN1.O=C(O)C(=O)O. The number of carboxylic acid groups (broad SMARTS) is 2. The van der Waals surface area contributed by atoms with Crippen molar-refractivity contribution in [3.63, 3.8) is 0 Å². The molecule has 0 spiro atoms. The average Bonchev–Trinajstić information content (AvgIpc) is 2.89. The van der Waals surface area contributed by atoms with Crippen LogP contribution in [0.3, 0.4) is 0 Å². The monoisotopic (exact) mass is 287 g/mol. The molecule has 0 unspecified atom stereocenters. The second-order valence-electron chi connectivity index (χ2n) is 3.46. The zero-order valence-corrected chi connectivity index (χ0v) is 10.7. The number of aliphatic carboxylic acids is 2. The van der Waals surface area contributed by atoms with Gasteiger partial charge in [0.05, 0.1) is 11.7 Å². The summed E-state index contributed by atoms with van der Waals surface area (Å²) in [6.07, 6.45) is 1.14. The maximum absolute atomic E-state index is 9.10. The zero-order valence-electron chi connectivity index (χ0n) is 9.04. The molecular formula is C9H9N3O4S2. The third-order valence-corrected chi connectivity index (χ3v) is 4.13. The van der Waals surface area contributed by atoms with Crippen LogP contribution in [0.2, 0.25) is 0 Å². The third-order valence-electron chi connectivity index (χ3n) is 2.31. The Morgan fingerprint density at radius 2 is 1.94 bits per heavy atom. The quantitative estimate of drug-likeness (QED) is 0.607. The van der Waals surface area contributed by atoms with Crippen LogP contribution in [0.25, 0.3) is 10.3 Å². The lowest BCUT2D eigenvalue weighted by molar-refractivity contribution is -0.159. The highest BCUT2D eigenvalue weighted by molar-refractivity contribution is 7.20. The number of rotatable bonds is 0. The Labute approximate surface area is 109 Å². The van der Waals surface area contributed by atoms with Gasteiger partial charge in [-0.15, -0.1) is 11.3 Å². The third kappa shape index (κ3) is 2.63. The van der Waals surface area contributed by atoms with Gasteiger partial charge in [0.15, 0.2) is 4.83 Å². The summed E-state index contributed by atoms with van der Waals surface area (Å²) in [4.78, 5) is 20.8. The second kappa shape index (κ2) is 5.38. The summed E-state index contributed by atoms with van der Waals surface area (Å²) >= 11 is 3.12. The molecule has 0 radical (unpaired) electrons. The lowest BCUT2D eigenvalue weighted by Gasteiger charge is -2.11. The van der Waals surface area contributed by atoms with Gasteiger partial charge in [0, 0.05) is 23.5 Å². The Bertz CT molecular complexity index is 580. The van der Waals surface area contributed by atoms with Crippen molar-refractivity contribution in [2.24, 2.45) is 0 Å². The van der Waals surface area contributed by atoms with E-state index >= 15 is 0 Å². The van der Waals surface area contributed by atoms with Crippen molar-refractivity contribution in [1.29, 1.82) is 0 Å². The molecule has 1 aliphatic heterocycles. The summed E-state index contributed by atoms with van der Waals surface area (Å²) in [7, 11) is 0. The first-order valence-corrected chi connectivity index (χ1v) is 6.54. The number of carboxylic acids is 2. The molecule has 18 heavy (non-hydrogen) atoms. The van der Waals surface area contributed by atoms with E-state index in [1.807, 2.05) is 0 Å². The fourth-order valence-electron chi connectivity index (χ4n) is 1.54. The standard InChI is InChI=1S/C7H7N3S2.C2H2O4/c1-2-8-3-4-5(1)11-7-6(4)9-12-10-7;3-1(4)2(5)6/h8H,1-3H2;(H,3,4)(H,5,6). The average molecular weight is 287 g/mol. The van der Waals surface area contributed by atoms with Crippen LogP contribution in [0.4, 0.5) is 0 Å². The van der Waals surface area contributed by atoms with Gasteiger partial charge in [0.1, 0.15) is 5.52 Å². The van der Waals surface area contributed by atoms with E-state index in [0.717, 1.165) is 29.9 Å². The van der Waals surface area contributed by atoms with Crippen LogP contribution in [0.5, 0.6) is 0 Å². The first kappa shape index (κ1) is 12.9. The van der Waals surface area contributed by atoms with E-state index in [4.69, 9.17) is 19.8 Å². The fourth-order valence-corrected chi connectivity index (χ4v) is 3.32. The first-order valence-electron chi connectivity index (χ1n) is 4.99. The number of aromatic nitrogens is 2. The van der Waals surface area contributed by atoms with Crippen LogP contribution in [0.1, 0.15) is 10.4 Å². The molecule has 0 aliphatic carbocycles. The molecule has 3 N–H and O–H groups in total. The van der Waals surface area contributed by atoms with Gasteiger partial charge in [0.25, 0.3) is 0 Å². The molecule has 2 aromatic heterocycles. The van der Waals surface area contributed by atoms with Crippen LogP contribution in [0, 0.1) is 0 Å². The maximum Gasteiger partial charge on any atom is 0.414 e. The van der Waals surface area contributed by atoms with Crippen molar-refractivity contribution in [1.82, 2.24) is 14.1 Å². The topological polar surface area (TPSA) is 112 Å². The van der Waals surface area contributed by atoms with Gasteiger partial charge in [-0.25, -0.2) is 9.59 Å². The largest absolute Gasteiger partial charge is 0.473 e. The normalized spacial score (nSPS) is 13.6. The molecule has 3 rings (SSSR count). The number of hydrogen-bond acceptors (Lipinski definition) is 7. The van der Waals surface area contributed by atoms with Crippen molar-refractivity contribution in [2.75, 3.05) is 6.54 Å². The second-order valence-corrected chi connectivity index (χ2v) is 5.07. The number of thiophene rings is 1. The van der Waals surface area contributed by atoms with Crippen molar-refractivity contribution < 1.29 is 19.8 Å². The van der Waals surface area contributed by atoms with E-state index in [-0.39, 0.29) is 0 Å². The summed E-state index contributed by atoms with van der Waals surface area (Å²) in [5.41, 5.74) is 2.52. The molecule has 0 bridgehead atoms. The van der Waals surface area contributed by atoms with E-state index in [9.17, 15) is 0 Å². The fraction of sp³-hybridized carbons (Fsp3) is 0.333. The Hall–Kier alpha value is -1.58. The van der Waals surface area contributed by atoms with Crippen molar-refractivity contribution in [2.45, 2.75) is 13.0 Å². The molecule has 96 valence electrons. The van der Waals surface area contributed by atoms with Crippen LogP contribution in [0.15, 0.2) is 0 Å². The van der Waals surface area contributed by atoms with Crippen molar-refractivity contribution in [3.8, 4) is 0 Å². The highest BCUT2D eigenvalue weighted by atomic mass is 32.1. The molecule has 1 aliphatic rings. The van der Waals surface area contributed by atoms with Gasteiger partial charge < -0.3 is 15.5 Å². The molecule has 7 nitrogen and oxygen atoms in total. The Morgan fingerprint density at radius 3 is 2.61 bits per heavy atom. The summed E-state index contributed by atoms with van der Waals surface area (Å²) in [5, 5.41) is 18.1. The summed E-state index contributed by atoms with van der Waals surface area (Å²) in [6, 6.07) is 0. The Kier molecular flexibility index (Phi) is 3.84. The summed E-state index contributed by atoms with van der Waals surface area (Å²) in [5.74, 6) is -3.65. The predicted octanol–water partition coefficient (Wildman–Crippen LogP) is 0.554. The Balaban J connectivity index is 0.000000174. The molecule has 2 aromatic rings. The lowest BCUT2D eigenvalue weighted by Crippen LogP contribution is -2.22. The predicted molar refractivity (Wildman–Crippen MR) is 66.0 cm³/mol. The molecular weight excluding hydrogens is 278 g/mol. The molecule has 0 aromatic carbocycles. The number of fused-ring (bicyclic) bond motifs is 3. The smallest absolute Gasteiger partial charge is 0.414 e. The van der Waals surface area contributed by atoms with Gasteiger partial charge in [-0.3, -0.25) is 0 Å². The number of nitrogens with zero attached hydrogens (tertiary/aromatic N) is 2. The minimum Gasteiger partial charge on any atom is -0.473 e. The molecule has 0 fully saturated rings. The minimum absolute atomic E-state index is 0.973. The van der Waals surface area contributed by atoms with Crippen LogP contribution >= 0.6 is 23.1 Å².